The Bertz CT molecular complexity index is 562. The number of fused-ring (bicyclic) bond motifs is 1. The summed E-state index contributed by atoms with van der Waals surface area (Å²) in [5.74, 6) is 1.46. The van der Waals surface area contributed by atoms with Gasteiger partial charge >= 0.3 is 0 Å². The van der Waals surface area contributed by atoms with E-state index >= 15 is 0 Å². The molecule has 0 bridgehead atoms. The Labute approximate surface area is 110 Å². The Hall–Kier alpha value is -1.52. The molecule has 94 valence electrons. The minimum atomic E-state index is -0.605. The molecule has 1 N–H and O–H groups in total. The van der Waals surface area contributed by atoms with Gasteiger partial charge in [-0.1, -0.05) is 6.07 Å². The van der Waals surface area contributed by atoms with E-state index in [-0.39, 0.29) is 0 Å². The van der Waals surface area contributed by atoms with Gasteiger partial charge in [-0.2, -0.15) is 0 Å². The number of aliphatic hydroxyl groups is 1. The summed E-state index contributed by atoms with van der Waals surface area (Å²) in [5, 5.41) is 12.4. The van der Waals surface area contributed by atoms with Gasteiger partial charge in [0.15, 0.2) is 11.5 Å². The summed E-state index contributed by atoms with van der Waals surface area (Å²) in [4.78, 5) is 1.14. The molecule has 0 radical (unpaired) electrons. The molecule has 18 heavy (non-hydrogen) atoms. The van der Waals surface area contributed by atoms with Gasteiger partial charge < -0.3 is 14.6 Å². The van der Waals surface area contributed by atoms with Gasteiger partial charge in [0.2, 0.25) is 0 Å². The number of hydrogen-bond acceptors (Lipinski definition) is 4. The van der Waals surface area contributed by atoms with Gasteiger partial charge in [-0.15, -0.1) is 11.3 Å². The topological polar surface area (TPSA) is 38.7 Å². The summed E-state index contributed by atoms with van der Waals surface area (Å²) in [7, 11) is 0. The Morgan fingerprint density at radius 3 is 2.67 bits per heavy atom. The van der Waals surface area contributed by atoms with Crippen molar-refractivity contribution >= 4 is 11.3 Å². The fourth-order valence-corrected chi connectivity index (χ4v) is 2.82. The molecule has 1 aromatic heterocycles. The molecule has 3 nitrogen and oxygen atoms in total. The average Bonchev–Trinajstić information content (AvgIpc) is 2.83. The third kappa shape index (κ3) is 1.98. The first-order valence-corrected chi connectivity index (χ1v) is 6.75. The number of aryl methyl sites for hydroxylation is 1. The van der Waals surface area contributed by atoms with Gasteiger partial charge in [-0.05, 0) is 41.6 Å². The van der Waals surface area contributed by atoms with Crippen LogP contribution < -0.4 is 9.47 Å². The summed E-state index contributed by atoms with van der Waals surface area (Å²) in [6.07, 6.45) is -0.605. The molecule has 2 aromatic rings. The maximum Gasteiger partial charge on any atom is 0.161 e. The van der Waals surface area contributed by atoms with Crippen molar-refractivity contribution in [3.05, 3.63) is 45.6 Å². The minimum Gasteiger partial charge on any atom is -0.486 e. The van der Waals surface area contributed by atoms with Crippen molar-refractivity contribution in [3.8, 4) is 11.5 Å². The van der Waals surface area contributed by atoms with E-state index in [1.54, 1.807) is 11.3 Å². The second-order valence-corrected chi connectivity index (χ2v) is 5.36. The van der Waals surface area contributed by atoms with E-state index in [2.05, 4.69) is 0 Å². The van der Waals surface area contributed by atoms with E-state index in [1.165, 1.54) is 0 Å². The molecule has 1 unspecified atom stereocenters. The second-order valence-electron chi connectivity index (χ2n) is 4.24. The van der Waals surface area contributed by atoms with Gasteiger partial charge in [0, 0.05) is 4.88 Å². The number of aliphatic hydroxyl groups excluding tert-OH is 1. The van der Waals surface area contributed by atoms with Crippen molar-refractivity contribution in [2.75, 3.05) is 13.2 Å². The maximum absolute atomic E-state index is 10.4. The van der Waals surface area contributed by atoms with E-state index < -0.39 is 6.10 Å². The predicted molar refractivity (Wildman–Crippen MR) is 70.5 cm³/mol. The lowest BCUT2D eigenvalue weighted by Crippen LogP contribution is -2.15. The second kappa shape index (κ2) is 4.63. The van der Waals surface area contributed by atoms with Gasteiger partial charge in [0.1, 0.15) is 19.3 Å². The molecule has 3 rings (SSSR count). The van der Waals surface area contributed by atoms with E-state index in [9.17, 15) is 5.11 Å². The van der Waals surface area contributed by atoms with E-state index in [4.69, 9.17) is 9.47 Å². The SMILES string of the molecule is Cc1sccc1C(O)c1ccc2c(c1)OCCO2. The quantitative estimate of drug-likeness (QED) is 0.904. The third-order valence-electron chi connectivity index (χ3n) is 3.08. The highest BCUT2D eigenvalue weighted by Crippen LogP contribution is 2.35. The minimum absolute atomic E-state index is 0.560. The van der Waals surface area contributed by atoms with Crippen LogP contribution in [0.4, 0.5) is 0 Å². The Balaban J connectivity index is 1.95. The monoisotopic (exact) mass is 262 g/mol. The third-order valence-corrected chi connectivity index (χ3v) is 3.94. The molecule has 0 saturated heterocycles. The molecule has 1 aromatic carbocycles. The fraction of sp³-hybridized carbons (Fsp3) is 0.286. The number of ether oxygens (including phenoxy) is 2. The molecule has 4 heteroatoms. The molecule has 0 saturated carbocycles. The van der Waals surface area contributed by atoms with Crippen LogP contribution in [0.2, 0.25) is 0 Å². The van der Waals surface area contributed by atoms with Crippen LogP contribution in [0.25, 0.3) is 0 Å². The number of thiophene rings is 1. The first-order chi connectivity index (χ1) is 8.75. The van der Waals surface area contributed by atoms with Crippen molar-refractivity contribution < 1.29 is 14.6 Å². The van der Waals surface area contributed by atoms with Crippen LogP contribution in [0, 0.1) is 6.92 Å². The molecular formula is C14H14O3S. The highest BCUT2D eigenvalue weighted by Gasteiger charge is 2.18. The number of hydrogen-bond donors (Lipinski definition) is 1. The van der Waals surface area contributed by atoms with Crippen LogP contribution in [-0.4, -0.2) is 18.3 Å². The van der Waals surface area contributed by atoms with Crippen LogP contribution in [0.15, 0.2) is 29.6 Å². The van der Waals surface area contributed by atoms with Gasteiger partial charge in [0.25, 0.3) is 0 Å². The molecule has 0 aliphatic carbocycles. The van der Waals surface area contributed by atoms with Crippen LogP contribution in [-0.2, 0) is 0 Å². The number of rotatable bonds is 2. The standard InChI is InChI=1S/C14H14O3S/c1-9-11(4-7-18-9)14(15)10-2-3-12-13(8-10)17-6-5-16-12/h2-4,7-8,14-15H,5-6H2,1H3. The average molecular weight is 262 g/mol. The predicted octanol–water partition coefficient (Wildman–Crippen LogP) is 2.91. The summed E-state index contributed by atoms with van der Waals surface area (Å²) >= 11 is 1.64. The molecule has 2 heterocycles. The fourth-order valence-electron chi connectivity index (χ4n) is 2.09. The van der Waals surface area contributed by atoms with Gasteiger partial charge in [-0.25, -0.2) is 0 Å². The highest BCUT2D eigenvalue weighted by atomic mass is 32.1. The van der Waals surface area contributed by atoms with Crippen molar-refractivity contribution in [1.82, 2.24) is 0 Å². The van der Waals surface area contributed by atoms with Crippen LogP contribution in [0.1, 0.15) is 22.1 Å². The molecule has 1 aliphatic rings. The zero-order valence-electron chi connectivity index (χ0n) is 10.1. The molecule has 1 atom stereocenters. The lowest BCUT2D eigenvalue weighted by molar-refractivity contribution is 0.169. The summed E-state index contributed by atoms with van der Waals surface area (Å²) in [6.45, 7) is 3.16. The summed E-state index contributed by atoms with van der Waals surface area (Å²) in [5.41, 5.74) is 1.79. The van der Waals surface area contributed by atoms with Crippen molar-refractivity contribution in [2.24, 2.45) is 0 Å². The van der Waals surface area contributed by atoms with Crippen LogP contribution in [0.3, 0.4) is 0 Å². The normalized spacial score (nSPS) is 15.4. The lowest BCUT2D eigenvalue weighted by atomic mass is 10.0. The molecular weight excluding hydrogens is 248 g/mol. The zero-order valence-corrected chi connectivity index (χ0v) is 10.9. The molecule has 1 aliphatic heterocycles. The Kier molecular flexibility index (Phi) is 2.97. The van der Waals surface area contributed by atoms with Crippen molar-refractivity contribution in [2.45, 2.75) is 13.0 Å². The smallest absolute Gasteiger partial charge is 0.161 e. The first kappa shape index (κ1) is 11.6. The highest BCUT2D eigenvalue weighted by molar-refractivity contribution is 7.10. The number of benzene rings is 1. The lowest BCUT2D eigenvalue weighted by Gasteiger charge is -2.20. The molecule has 0 spiro atoms. The Morgan fingerprint density at radius 2 is 1.94 bits per heavy atom. The van der Waals surface area contributed by atoms with E-state index in [1.807, 2.05) is 36.6 Å². The van der Waals surface area contributed by atoms with Crippen LogP contribution in [0.5, 0.6) is 11.5 Å². The molecule has 0 fully saturated rings. The van der Waals surface area contributed by atoms with Gasteiger partial charge in [-0.3, -0.25) is 0 Å². The van der Waals surface area contributed by atoms with Crippen molar-refractivity contribution in [3.63, 3.8) is 0 Å². The molecule has 0 amide bonds. The Morgan fingerprint density at radius 1 is 1.17 bits per heavy atom. The first-order valence-electron chi connectivity index (χ1n) is 5.87. The summed E-state index contributed by atoms with van der Waals surface area (Å²) in [6, 6.07) is 7.56. The van der Waals surface area contributed by atoms with Gasteiger partial charge in [0.05, 0.1) is 0 Å². The summed E-state index contributed by atoms with van der Waals surface area (Å²) < 4.78 is 11.0. The van der Waals surface area contributed by atoms with Crippen molar-refractivity contribution in [1.29, 1.82) is 0 Å². The van der Waals surface area contributed by atoms with E-state index in [0.717, 1.165) is 21.8 Å². The largest absolute Gasteiger partial charge is 0.486 e. The van der Waals surface area contributed by atoms with E-state index in [0.29, 0.717) is 19.0 Å². The maximum atomic E-state index is 10.4. The zero-order chi connectivity index (χ0) is 12.5. The van der Waals surface area contributed by atoms with Crippen LogP contribution >= 0.6 is 11.3 Å².